The maximum atomic E-state index is 11.8. The molecule has 1 fully saturated rings. The summed E-state index contributed by atoms with van der Waals surface area (Å²) in [5, 5.41) is 7.89. The minimum absolute atomic E-state index is 0.0470. The summed E-state index contributed by atoms with van der Waals surface area (Å²) in [6, 6.07) is 9.53. The lowest BCUT2D eigenvalue weighted by Crippen LogP contribution is -2.14. The zero-order valence-electron chi connectivity index (χ0n) is 12.5. The molecule has 0 bridgehead atoms. The number of benzene rings is 1. The van der Waals surface area contributed by atoms with Crippen molar-refractivity contribution in [3.05, 3.63) is 36.2 Å². The van der Waals surface area contributed by atoms with Crippen molar-refractivity contribution < 1.29 is 13.9 Å². The summed E-state index contributed by atoms with van der Waals surface area (Å²) >= 11 is 0. The summed E-state index contributed by atoms with van der Waals surface area (Å²) in [6.07, 6.45) is 6.50. The average Bonchev–Trinajstić information content (AvgIpc) is 3.04. The Kier molecular flexibility index (Phi) is 4.83. The number of nitrogens with zero attached hydrogens (tertiary/aromatic N) is 2. The van der Waals surface area contributed by atoms with Gasteiger partial charge in [0.05, 0.1) is 0 Å². The van der Waals surface area contributed by atoms with Crippen LogP contribution in [0.25, 0.3) is 11.5 Å². The van der Waals surface area contributed by atoms with Crippen LogP contribution in [-0.2, 0) is 16.1 Å². The maximum Gasteiger partial charge on any atom is 0.306 e. The molecule has 2 aromatic rings. The Morgan fingerprint density at radius 1 is 1.14 bits per heavy atom. The van der Waals surface area contributed by atoms with Crippen molar-refractivity contribution in [2.24, 2.45) is 5.92 Å². The normalized spacial score (nSPS) is 15.6. The number of hydrogen-bond donors (Lipinski definition) is 0. The van der Waals surface area contributed by atoms with Crippen molar-refractivity contribution >= 4 is 5.97 Å². The molecule has 1 aromatic heterocycles. The number of carbonyl (C=O) groups is 1. The van der Waals surface area contributed by atoms with Crippen LogP contribution in [0.2, 0.25) is 0 Å². The average molecular weight is 300 g/mol. The van der Waals surface area contributed by atoms with E-state index in [1.54, 1.807) is 0 Å². The van der Waals surface area contributed by atoms with Gasteiger partial charge in [0.1, 0.15) is 0 Å². The zero-order chi connectivity index (χ0) is 15.2. The Balaban J connectivity index is 1.49. The number of aromatic nitrogens is 2. The lowest BCUT2D eigenvalue weighted by Gasteiger charge is -2.20. The number of ether oxygens (including phenoxy) is 1. The van der Waals surface area contributed by atoms with Crippen molar-refractivity contribution in [3.63, 3.8) is 0 Å². The second kappa shape index (κ2) is 7.20. The Morgan fingerprint density at radius 3 is 2.68 bits per heavy atom. The molecule has 1 aromatic carbocycles. The van der Waals surface area contributed by atoms with Crippen LogP contribution < -0.4 is 0 Å². The minimum atomic E-state index is -0.175. The first-order chi connectivity index (χ1) is 10.8. The highest BCUT2D eigenvalue weighted by Gasteiger charge is 2.18. The van der Waals surface area contributed by atoms with Crippen LogP contribution in [0, 0.1) is 5.92 Å². The third-order valence-electron chi connectivity index (χ3n) is 4.02. The maximum absolute atomic E-state index is 11.8. The molecule has 0 amide bonds. The van der Waals surface area contributed by atoms with Gasteiger partial charge < -0.3 is 9.15 Å². The molecule has 0 radical (unpaired) electrons. The summed E-state index contributed by atoms with van der Waals surface area (Å²) in [5.74, 6) is 1.07. The van der Waals surface area contributed by atoms with E-state index in [4.69, 9.17) is 9.15 Å². The molecule has 5 heteroatoms. The topological polar surface area (TPSA) is 65.2 Å². The van der Waals surface area contributed by atoms with E-state index in [0.717, 1.165) is 18.4 Å². The molecule has 3 rings (SSSR count). The minimum Gasteiger partial charge on any atom is -0.456 e. The quantitative estimate of drug-likeness (QED) is 0.787. The molecule has 1 heterocycles. The SMILES string of the molecule is O=C(CC1CCCCC1)OCc1nnc(-c2ccccc2)o1. The van der Waals surface area contributed by atoms with E-state index in [-0.39, 0.29) is 12.6 Å². The predicted molar refractivity (Wildman–Crippen MR) is 80.7 cm³/mol. The van der Waals surface area contributed by atoms with Crippen LogP contribution in [0.3, 0.4) is 0 Å². The van der Waals surface area contributed by atoms with E-state index in [0.29, 0.717) is 24.1 Å². The number of hydrogen-bond acceptors (Lipinski definition) is 5. The predicted octanol–water partition coefficient (Wildman–Crippen LogP) is 3.75. The largest absolute Gasteiger partial charge is 0.456 e. The van der Waals surface area contributed by atoms with Crippen molar-refractivity contribution in [3.8, 4) is 11.5 Å². The van der Waals surface area contributed by atoms with Gasteiger partial charge in [-0.05, 0) is 30.9 Å². The lowest BCUT2D eigenvalue weighted by molar-refractivity contribution is -0.147. The standard InChI is InChI=1S/C17H20N2O3/c20-16(11-13-7-3-1-4-8-13)21-12-15-18-19-17(22-15)14-9-5-2-6-10-14/h2,5-6,9-10,13H,1,3-4,7-8,11-12H2. The van der Waals surface area contributed by atoms with Crippen molar-refractivity contribution in [1.82, 2.24) is 10.2 Å². The molecule has 1 aliphatic rings. The highest BCUT2D eigenvalue weighted by molar-refractivity contribution is 5.69. The molecule has 5 nitrogen and oxygen atoms in total. The van der Waals surface area contributed by atoms with Crippen molar-refractivity contribution in [1.29, 1.82) is 0 Å². The van der Waals surface area contributed by atoms with E-state index in [1.807, 2.05) is 30.3 Å². The molecule has 0 N–H and O–H groups in total. The highest BCUT2D eigenvalue weighted by Crippen LogP contribution is 2.26. The Hall–Kier alpha value is -2.17. The molecule has 1 aliphatic carbocycles. The number of rotatable bonds is 5. The smallest absolute Gasteiger partial charge is 0.306 e. The van der Waals surface area contributed by atoms with E-state index in [9.17, 15) is 4.79 Å². The lowest BCUT2D eigenvalue weighted by atomic mass is 9.87. The van der Waals surface area contributed by atoms with Crippen LogP contribution in [0.5, 0.6) is 0 Å². The van der Waals surface area contributed by atoms with Gasteiger partial charge in [0.15, 0.2) is 6.61 Å². The summed E-state index contributed by atoms with van der Waals surface area (Å²) in [7, 11) is 0. The molecular weight excluding hydrogens is 280 g/mol. The molecule has 0 saturated heterocycles. The molecule has 22 heavy (non-hydrogen) atoms. The van der Waals surface area contributed by atoms with Gasteiger partial charge in [-0.3, -0.25) is 4.79 Å². The van der Waals surface area contributed by atoms with Gasteiger partial charge in [-0.15, -0.1) is 10.2 Å². The molecule has 116 valence electrons. The summed E-state index contributed by atoms with van der Waals surface area (Å²) in [6.45, 7) is 0.0470. The number of esters is 1. The molecule has 0 atom stereocenters. The highest BCUT2D eigenvalue weighted by atomic mass is 16.5. The first-order valence-electron chi connectivity index (χ1n) is 7.84. The summed E-state index contributed by atoms with van der Waals surface area (Å²) < 4.78 is 10.8. The molecule has 0 unspecified atom stereocenters. The third-order valence-corrected chi connectivity index (χ3v) is 4.02. The fourth-order valence-electron chi connectivity index (χ4n) is 2.84. The fraction of sp³-hybridized carbons (Fsp3) is 0.471. The second-order valence-corrected chi connectivity index (χ2v) is 5.74. The van der Waals surface area contributed by atoms with Crippen LogP contribution in [0.4, 0.5) is 0 Å². The Morgan fingerprint density at radius 2 is 1.91 bits per heavy atom. The Labute approximate surface area is 129 Å². The molecule has 0 spiro atoms. The van der Waals surface area contributed by atoms with Gasteiger partial charge in [-0.1, -0.05) is 37.5 Å². The first-order valence-corrected chi connectivity index (χ1v) is 7.84. The van der Waals surface area contributed by atoms with Crippen LogP contribution in [0.1, 0.15) is 44.4 Å². The first kappa shape index (κ1) is 14.8. The van der Waals surface area contributed by atoms with Gasteiger partial charge >= 0.3 is 5.97 Å². The van der Waals surface area contributed by atoms with Crippen molar-refractivity contribution in [2.75, 3.05) is 0 Å². The fourth-order valence-corrected chi connectivity index (χ4v) is 2.84. The molecule has 1 saturated carbocycles. The summed E-state index contributed by atoms with van der Waals surface area (Å²) in [4.78, 5) is 11.8. The third kappa shape index (κ3) is 3.93. The van der Waals surface area contributed by atoms with Gasteiger partial charge in [0.2, 0.25) is 5.89 Å². The van der Waals surface area contributed by atoms with Crippen LogP contribution >= 0.6 is 0 Å². The van der Waals surface area contributed by atoms with Gasteiger partial charge in [0.25, 0.3) is 5.89 Å². The van der Waals surface area contributed by atoms with Gasteiger partial charge in [0, 0.05) is 12.0 Å². The summed E-state index contributed by atoms with van der Waals surface area (Å²) in [5.41, 5.74) is 0.856. The van der Waals surface area contributed by atoms with E-state index >= 15 is 0 Å². The van der Waals surface area contributed by atoms with E-state index in [1.165, 1.54) is 19.3 Å². The van der Waals surface area contributed by atoms with Crippen LogP contribution in [-0.4, -0.2) is 16.2 Å². The Bertz CT molecular complexity index is 603. The van der Waals surface area contributed by atoms with E-state index in [2.05, 4.69) is 10.2 Å². The zero-order valence-corrected chi connectivity index (χ0v) is 12.5. The molecular formula is C17H20N2O3. The number of carbonyl (C=O) groups excluding carboxylic acids is 1. The second-order valence-electron chi connectivity index (χ2n) is 5.74. The van der Waals surface area contributed by atoms with Gasteiger partial charge in [-0.2, -0.15) is 0 Å². The molecule has 0 aliphatic heterocycles. The van der Waals surface area contributed by atoms with Gasteiger partial charge in [-0.25, -0.2) is 0 Å². The monoisotopic (exact) mass is 300 g/mol. The van der Waals surface area contributed by atoms with Crippen molar-refractivity contribution in [2.45, 2.75) is 45.1 Å². The van der Waals surface area contributed by atoms with E-state index < -0.39 is 0 Å². The van der Waals surface area contributed by atoms with Crippen LogP contribution in [0.15, 0.2) is 34.7 Å².